The fraction of sp³-hybridized carbons (Fsp3) is 0.471. The molecule has 2 aromatic rings. The molecule has 0 saturated heterocycles. The Balaban J connectivity index is 2.21. The molecule has 3 rings (SSSR count). The summed E-state index contributed by atoms with van der Waals surface area (Å²) in [6.45, 7) is 8.40. The van der Waals surface area contributed by atoms with E-state index in [1.807, 2.05) is 13.8 Å². The second kappa shape index (κ2) is 4.60. The van der Waals surface area contributed by atoms with E-state index in [2.05, 4.69) is 42.3 Å². The lowest BCUT2D eigenvalue weighted by Gasteiger charge is -2.35. The van der Waals surface area contributed by atoms with Crippen LogP contribution in [0.2, 0.25) is 0 Å². The molecule has 3 N–H and O–H groups in total. The molecule has 0 amide bonds. The van der Waals surface area contributed by atoms with Crippen molar-refractivity contribution in [3.05, 3.63) is 35.0 Å². The van der Waals surface area contributed by atoms with Gasteiger partial charge in [-0.2, -0.15) is 0 Å². The van der Waals surface area contributed by atoms with Crippen LogP contribution in [0.1, 0.15) is 50.4 Å². The predicted molar refractivity (Wildman–Crippen MR) is 83.7 cm³/mol. The number of aliphatic carboxylic acids is 1. The first-order valence-corrected chi connectivity index (χ1v) is 7.45. The Bertz CT molecular complexity index is 713. The van der Waals surface area contributed by atoms with Gasteiger partial charge in [0.15, 0.2) is 0 Å². The topological polar surface area (TPSA) is 65.1 Å². The number of nitrogens with one attached hydrogen (secondary N) is 2. The number of aromatic amines is 1. The van der Waals surface area contributed by atoms with Crippen LogP contribution < -0.4 is 5.32 Å². The van der Waals surface area contributed by atoms with Crippen LogP contribution in [0.15, 0.2) is 18.2 Å². The summed E-state index contributed by atoms with van der Waals surface area (Å²) in [6.07, 6.45) is 0.523. The van der Waals surface area contributed by atoms with E-state index in [0.717, 1.165) is 22.2 Å². The lowest BCUT2D eigenvalue weighted by atomic mass is 9.86. The van der Waals surface area contributed by atoms with E-state index in [1.165, 1.54) is 5.56 Å². The summed E-state index contributed by atoms with van der Waals surface area (Å²) in [5.41, 5.74) is 4.26. The molecule has 1 aromatic heterocycles. The summed E-state index contributed by atoms with van der Waals surface area (Å²) < 4.78 is 0. The minimum absolute atomic E-state index is 0.367. The molecule has 0 radical (unpaired) electrons. The molecule has 1 unspecified atom stereocenters. The lowest BCUT2D eigenvalue weighted by molar-refractivity contribution is -0.140. The first-order chi connectivity index (χ1) is 9.79. The molecule has 0 fully saturated rings. The van der Waals surface area contributed by atoms with Gasteiger partial charge < -0.3 is 10.1 Å². The predicted octanol–water partition coefficient (Wildman–Crippen LogP) is 3.13. The van der Waals surface area contributed by atoms with Crippen molar-refractivity contribution in [1.29, 1.82) is 0 Å². The van der Waals surface area contributed by atoms with Crippen LogP contribution in [0.5, 0.6) is 0 Å². The first kappa shape index (κ1) is 14.1. The number of fused-ring (bicyclic) bond motifs is 3. The Kier molecular flexibility index (Phi) is 3.10. The molecular weight excluding hydrogens is 264 g/mol. The van der Waals surface area contributed by atoms with Crippen molar-refractivity contribution in [2.24, 2.45) is 0 Å². The molecule has 0 aliphatic carbocycles. The molecule has 2 heterocycles. The van der Waals surface area contributed by atoms with Gasteiger partial charge >= 0.3 is 5.97 Å². The Morgan fingerprint density at radius 1 is 1.38 bits per heavy atom. The fourth-order valence-corrected chi connectivity index (χ4v) is 3.28. The van der Waals surface area contributed by atoms with Gasteiger partial charge in [-0.3, -0.25) is 10.1 Å². The van der Waals surface area contributed by atoms with Crippen molar-refractivity contribution < 1.29 is 9.90 Å². The Morgan fingerprint density at radius 2 is 2.10 bits per heavy atom. The number of carboxylic acids is 1. The van der Waals surface area contributed by atoms with Gasteiger partial charge in [0, 0.05) is 23.0 Å². The van der Waals surface area contributed by atoms with Crippen molar-refractivity contribution in [2.45, 2.75) is 51.6 Å². The van der Waals surface area contributed by atoms with Crippen LogP contribution in [0.3, 0.4) is 0 Å². The van der Waals surface area contributed by atoms with Crippen molar-refractivity contribution >= 4 is 16.9 Å². The summed E-state index contributed by atoms with van der Waals surface area (Å²) in [5, 5.41) is 13.8. The molecule has 4 nitrogen and oxygen atoms in total. The molecule has 1 aromatic carbocycles. The van der Waals surface area contributed by atoms with Gasteiger partial charge in [-0.05, 0) is 43.0 Å². The highest BCUT2D eigenvalue weighted by molar-refractivity contribution is 5.87. The maximum atomic E-state index is 11.4. The lowest BCUT2D eigenvalue weighted by Crippen LogP contribution is -2.52. The SMILES string of the molecule is CC(C)c1ccc2[nH]c3c(c2c1)CC(C(=O)O)NC3(C)C. The third-order valence-corrected chi connectivity index (χ3v) is 4.46. The average Bonchev–Trinajstić information content (AvgIpc) is 2.77. The van der Waals surface area contributed by atoms with Gasteiger partial charge in [0.2, 0.25) is 0 Å². The van der Waals surface area contributed by atoms with Crippen molar-refractivity contribution in [3.63, 3.8) is 0 Å². The van der Waals surface area contributed by atoms with Gasteiger partial charge in [0.25, 0.3) is 0 Å². The Labute approximate surface area is 124 Å². The average molecular weight is 286 g/mol. The van der Waals surface area contributed by atoms with Crippen molar-refractivity contribution in [1.82, 2.24) is 10.3 Å². The van der Waals surface area contributed by atoms with E-state index < -0.39 is 12.0 Å². The van der Waals surface area contributed by atoms with Gasteiger partial charge in [-0.25, -0.2) is 0 Å². The van der Waals surface area contributed by atoms with E-state index in [4.69, 9.17) is 0 Å². The highest BCUT2D eigenvalue weighted by Crippen LogP contribution is 2.36. The summed E-state index contributed by atoms with van der Waals surface area (Å²) in [4.78, 5) is 14.9. The third kappa shape index (κ3) is 2.23. The molecule has 112 valence electrons. The molecule has 21 heavy (non-hydrogen) atoms. The second-order valence-electron chi connectivity index (χ2n) is 6.80. The summed E-state index contributed by atoms with van der Waals surface area (Å²) in [7, 11) is 0. The van der Waals surface area contributed by atoms with Crippen LogP contribution >= 0.6 is 0 Å². The van der Waals surface area contributed by atoms with Crippen molar-refractivity contribution in [3.8, 4) is 0 Å². The molecule has 0 spiro atoms. The second-order valence-corrected chi connectivity index (χ2v) is 6.80. The van der Waals surface area contributed by atoms with E-state index in [9.17, 15) is 9.90 Å². The van der Waals surface area contributed by atoms with E-state index in [0.29, 0.717) is 12.3 Å². The van der Waals surface area contributed by atoms with Gasteiger partial charge in [0.1, 0.15) is 6.04 Å². The zero-order valence-electron chi connectivity index (χ0n) is 12.9. The maximum absolute atomic E-state index is 11.4. The van der Waals surface area contributed by atoms with Crippen LogP contribution in [0.25, 0.3) is 10.9 Å². The summed E-state index contributed by atoms with van der Waals surface area (Å²) in [5.74, 6) is -0.326. The zero-order chi connectivity index (χ0) is 15.4. The molecule has 0 saturated carbocycles. The van der Waals surface area contributed by atoms with Gasteiger partial charge in [0.05, 0.1) is 5.54 Å². The van der Waals surface area contributed by atoms with Crippen LogP contribution in [-0.2, 0) is 16.8 Å². The number of carbonyl (C=O) groups is 1. The number of H-pyrrole nitrogens is 1. The number of hydrogen-bond donors (Lipinski definition) is 3. The maximum Gasteiger partial charge on any atom is 0.321 e. The molecule has 1 atom stereocenters. The Morgan fingerprint density at radius 3 is 2.71 bits per heavy atom. The number of carboxylic acid groups (broad SMARTS) is 1. The highest BCUT2D eigenvalue weighted by atomic mass is 16.4. The molecule has 1 aliphatic rings. The monoisotopic (exact) mass is 286 g/mol. The van der Waals surface area contributed by atoms with Crippen LogP contribution in [-0.4, -0.2) is 22.1 Å². The smallest absolute Gasteiger partial charge is 0.321 e. The van der Waals surface area contributed by atoms with Crippen LogP contribution in [0.4, 0.5) is 0 Å². The van der Waals surface area contributed by atoms with E-state index in [-0.39, 0.29) is 5.54 Å². The van der Waals surface area contributed by atoms with Crippen molar-refractivity contribution in [2.75, 3.05) is 0 Å². The standard InChI is InChI=1S/C17H22N2O2/c1-9(2)10-5-6-13-11(7-10)12-8-14(16(20)21)19-17(3,4)15(12)18-13/h5-7,9,14,18-19H,8H2,1-4H3,(H,20,21). The normalized spacial score (nSPS) is 20.7. The van der Waals surface area contributed by atoms with Gasteiger partial charge in [-0.15, -0.1) is 0 Å². The molecule has 0 bridgehead atoms. The number of rotatable bonds is 2. The fourth-order valence-electron chi connectivity index (χ4n) is 3.28. The number of aromatic nitrogens is 1. The number of hydrogen-bond acceptors (Lipinski definition) is 2. The molecule has 1 aliphatic heterocycles. The molecular formula is C17H22N2O2. The van der Waals surface area contributed by atoms with E-state index >= 15 is 0 Å². The minimum Gasteiger partial charge on any atom is -0.480 e. The largest absolute Gasteiger partial charge is 0.480 e. The Hall–Kier alpha value is -1.81. The quantitative estimate of drug-likeness (QED) is 0.794. The van der Waals surface area contributed by atoms with Crippen LogP contribution in [0, 0.1) is 0 Å². The van der Waals surface area contributed by atoms with Gasteiger partial charge in [-0.1, -0.05) is 19.9 Å². The summed E-state index contributed by atoms with van der Waals surface area (Å²) in [6, 6.07) is 5.92. The van der Waals surface area contributed by atoms with E-state index in [1.54, 1.807) is 0 Å². The molecule has 4 heteroatoms. The summed E-state index contributed by atoms with van der Waals surface area (Å²) >= 11 is 0. The minimum atomic E-state index is -0.789. The number of benzene rings is 1. The highest BCUT2D eigenvalue weighted by Gasteiger charge is 2.37. The zero-order valence-corrected chi connectivity index (χ0v) is 12.9. The first-order valence-electron chi connectivity index (χ1n) is 7.45. The third-order valence-electron chi connectivity index (χ3n) is 4.46.